The first-order chi connectivity index (χ1) is 16.9. The van der Waals surface area contributed by atoms with Crippen molar-refractivity contribution in [1.29, 1.82) is 0 Å². The Bertz CT molecular complexity index is 1310. The molecule has 0 radical (unpaired) electrons. The van der Waals surface area contributed by atoms with Gasteiger partial charge in [0.15, 0.2) is 0 Å². The number of aromatic amines is 1. The molecule has 5 heteroatoms. The van der Waals surface area contributed by atoms with Gasteiger partial charge in [-0.2, -0.15) is 0 Å². The molecule has 0 spiro atoms. The van der Waals surface area contributed by atoms with Crippen LogP contribution < -0.4 is 0 Å². The first-order valence-corrected chi connectivity index (χ1v) is 12.8. The number of benzene rings is 2. The Hall–Kier alpha value is -2.95. The fourth-order valence-corrected chi connectivity index (χ4v) is 5.14. The summed E-state index contributed by atoms with van der Waals surface area (Å²) in [5.74, 6) is -0.482. The van der Waals surface area contributed by atoms with Crippen LogP contribution in [0, 0.1) is 12.8 Å². The standard InChI is InChI=1S/C30H30ClNO2S/c1-3-24(25-18-28(31)32-19(25)2)30(22-14-11-20(12-15-22)13-16-29(33)34)26(21-8-6-9-21)17-23-7-4-5-10-27(23)35/h4-5,7,10-18,21,32,35H,3,6,8-9H2,1-2H3,(H,33,34)/b16-13+,26-17+,30-24+. The number of carboxylic acid groups (broad SMARTS) is 1. The van der Waals surface area contributed by atoms with E-state index >= 15 is 0 Å². The molecule has 2 N–H and O–H groups in total. The lowest BCUT2D eigenvalue weighted by molar-refractivity contribution is -0.131. The minimum atomic E-state index is -0.955. The fraction of sp³-hybridized carbons (Fsp3) is 0.233. The van der Waals surface area contributed by atoms with Crippen molar-refractivity contribution in [2.24, 2.45) is 5.92 Å². The largest absolute Gasteiger partial charge is 0.478 e. The van der Waals surface area contributed by atoms with Crippen LogP contribution in [0.15, 0.2) is 71.1 Å². The molecule has 1 aliphatic carbocycles. The fourth-order valence-electron chi connectivity index (χ4n) is 4.67. The van der Waals surface area contributed by atoms with Gasteiger partial charge in [-0.15, -0.1) is 12.6 Å². The number of rotatable bonds is 8. The molecular weight excluding hydrogens is 474 g/mol. The van der Waals surface area contributed by atoms with Gasteiger partial charge in [0.1, 0.15) is 5.15 Å². The van der Waals surface area contributed by atoms with Crippen molar-refractivity contribution in [3.63, 3.8) is 0 Å². The van der Waals surface area contributed by atoms with Gasteiger partial charge in [0.05, 0.1) is 0 Å². The van der Waals surface area contributed by atoms with Crippen LogP contribution in [0.4, 0.5) is 0 Å². The third kappa shape index (κ3) is 5.83. The Labute approximate surface area is 217 Å². The van der Waals surface area contributed by atoms with Crippen molar-refractivity contribution in [1.82, 2.24) is 4.98 Å². The highest BCUT2D eigenvalue weighted by atomic mass is 35.5. The Morgan fingerprint density at radius 1 is 1.17 bits per heavy atom. The van der Waals surface area contributed by atoms with Gasteiger partial charge in [-0.05, 0) is 89.8 Å². The highest BCUT2D eigenvalue weighted by Gasteiger charge is 2.28. The molecule has 3 aromatic rings. The SMILES string of the molecule is CC/C(=C(\C(=C\c1ccccc1S)C1CCC1)c1ccc(/C=C/C(=O)O)cc1)c1cc(Cl)[nH]c1C. The lowest BCUT2D eigenvalue weighted by atomic mass is 9.73. The number of hydrogen-bond donors (Lipinski definition) is 3. The minimum absolute atomic E-state index is 0.473. The average Bonchev–Trinajstić information content (AvgIpc) is 3.13. The molecule has 180 valence electrons. The molecule has 0 unspecified atom stereocenters. The summed E-state index contributed by atoms with van der Waals surface area (Å²) >= 11 is 11.1. The average molecular weight is 504 g/mol. The van der Waals surface area contributed by atoms with E-state index in [4.69, 9.17) is 29.3 Å². The molecular formula is C30H30ClNO2S. The monoisotopic (exact) mass is 503 g/mol. The zero-order valence-electron chi connectivity index (χ0n) is 20.0. The maximum Gasteiger partial charge on any atom is 0.328 e. The molecule has 1 fully saturated rings. The van der Waals surface area contributed by atoms with Gasteiger partial charge in [0.25, 0.3) is 0 Å². The number of carboxylic acids is 1. The van der Waals surface area contributed by atoms with Gasteiger partial charge in [-0.3, -0.25) is 0 Å². The van der Waals surface area contributed by atoms with Gasteiger partial charge in [-0.25, -0.2) is 4.79 Å². The lowest BCUT2D eigenvalue weighted by Gasteiger charge is -2.32. The molecule has 1 aromatic heterocycles. The molecule has 0 bridgehead atoms. The third-order valence-corrected chi connectivity index (χ3v) is 7.27. The Morgan fingerprint density at radius 3 is 2.43 bits per heavy atom. The van der Waals surface area contributed by atoms with Crippen molar-refractivity contribution in [2.45, 2.75) is 44.4 Å². The van der Waals surface area contributed by atoms with Crippen molar-refractivity contribution in [2.75, 3.05) is 0 Å². The van der Waals surface area contributed by atoms with Gasteiger partial charge in [-0.1, -0.05) is 67.4 Å². The number of nitrogens with one attached hydrogen (secondary N) is 1. The van der Waals surface area contributed by atoms with Crippen LogP contribution in [0.3, 0.4) is 0 Å². The van der Waals surface area contributed by atoms with Crippen LogP contribution in [-0.4, -0.2) is 16.1 Å². The van der Waals surface area contributed by atoms with E-state index in [2.05, 4.69) is 43.1 Å². The Morgan fingerprint density at radius 2 is 1.89 bits per heavy atom. The first kappa shape index (κ1) is 25.2. The Kier molecular flexibility index (Phi) is 8.04. The zero-order valence-corrected chi connectivity index (χ0v) is 21.7. The van der Waals surface area contributed by atoms with Crippen LogP contribution in [0.5, 0.6) is 0 Å². The van der Waals surface area contributed by atoms with E-state index in [0.717, 1.165) is 58.2 Å². The van der Waals surface area contributed by atoms with Gasteiger partial charge < -0.3 is 10.1 Å². The van der Waals surface area contributed by atoms with Gasteiger partial charge in [0.2, 0.25) is 0 Å². The van der Waals surface area contributed by atoms with Crippen molar-refractivity contribution >= 4 is 53.5 Å². The second-order valence-corrected chi connectivity index (χ2v) is 9.83. The summed E-state index contributed by atoms with van der Waals surface area (Å²) in [5, 5.41) is 9.62. The number of carbonyl (C=O) groups is 1. The topological polar surface area (TPSA) is 53.1 Å². The van der Waals surface area contributed by atoms with Crippen LogP contribution in [0.25, 0.3) is 23.3 Å². The van der Waals surface area contributed by atoms with Crippen LogP contribution >= 0.6 is 24.2 Å². The van der Waals surface area contributed by atoms with E-state index in [1.54, 1.807) is 6.08 Å². The molecule has 1 saturated carbocycles. The van der Waals surface area contributed by atoms with Crippen LogP contribution in [0.2, 0.25) is 5.15 Å². The number of aryl methyl sites for hydroxylation is 1. The highest BCUT2D eigenvalue weighted by molar-refractivity contribution is 7.80. The van der Waals surface area contributed by atoms with Gasteiger partial charge >= 0.3 is 5.97 Å². The number of hydrogen-bond acceptors (Lipinski definition) is 2. The maximum absolute atomic E-state index is 10.9. The van der Waals surface area contributed by atoms with Gasteiger partial charge in [0, 0.05) is 22.2 Å². The minimum Gasteiger partial charge on any atom is -0.478 e. The molecule has 2 aromatic carbocycles. The summed E-state index contributed by atoms with van der Waals surface area (Å²) in [7, 11) is 0. The predicted molar refractivity (Wildman–Crippen MR) is 150 cm³/mol. The van der Waals surface area contributed by atoms with E-state index in [1.807, 2.05) is 36.4 Å². The van der Waals surface area contributed by atoms with Crippen LogP contribution in [0.1, 0.15) is 60.6 Å². The highest BCUT2D eigenvalue weighted by Crippen LogP contribution is 2.46. The number of thiol groups is 1. The normalized spacial score (nSPS) is 15.3. The molecule has 4 rings (SSSR count). The van der Waals surface area contributed by atoms with E-state index in [-0.39, 0.29) is 0 Å². The number of halogens is 1. The molecule has 0 aliphatic heterocycles. The molecule has 0 atom stereocenters. The number of allylic oxidation sites excluding steroid dienone is 3. The van der Waals surface area contributed by atoms with Crippen LogP contribution in [-0.2, 0) is 4.79 Å². The smallest absolute Gasteiger partial charge is 0.328 e. The Balaban J connectivity index is 1.95. The summed E-state index contributed by atoms with van der Waals surface area (Å²) in [6, 6.07) is 18.3. The first-order valence-electron chi connectivity index (χ1n) is 12.0. The molecule has 35 heavy (non-hydrogen) atoms. The number of H-pyrrole nitrogens is 1. The lowest BCUT2D eigenvalue weighted by Crippen LogP contribution is -2.16. The van der Waals surface area contributed by atoms with Crippen molar-refractivity contribution < 1.29 is 9.90 Å². The van der Waals surface area contributed by atoms with E-state index in [1.165, 1.54) is 23.1 Å². The van der Waals surface area contributed by atoms with E-state index < -0.39 is 5.97 Å². The second kappa shape index (κ2) is 11.2. The van der Waals surface area contributed by atoms with E-state index in [9.17, 15) is 4.79 Å². The van der Waals surface area contributed by atoms with E-state index in [0.29, 0.717) is 11.1 Å². The van der Waals surface area contributed by atoms with Crippen molar-refractivity contribution in [3.05, 3.63) is 99.3 Å². The molecule has 0 saturated heterocycles. The third-order valence-electron chi connectivity index (χ3n) is 6.66. The summed E-state index contributed by atoms with van der Waals surface area (Å²) < 4.78 is 0. The predicted octanol–water partition coefficient (Wildman–Crippen LogP) is 8.57. The molecule has 1 aliphatic rings. The number of aliphatic carboxylic acids is 1. The molecule has 0 amide bonds. The maximum atomic E-state index is 10.9. The second-order valence-electron chi connectivity index (χ2n) is 8.94. The zero-order chi connectivity index (χ0) is 24.9. The van der Waals surface area contributed by atoms with Crippen molar-refractivity contribution in [3.8, 4) is 0 Å². The quantitative estimate of drug-likeness (QED) is 0.164. The summed E-state index contributed by atoms with van der Waals surface area (Å²) in [6.07, 6.45) is 9.48. The summed E-state index contributed by atoms with van der Waals surface area (Å²) in [5.41, 5.74) is 9.04. The summed E-state index contributed by atoms with van der Waals surface area (Å²) in [6.45, 7) is 4.24. The molecule has 1 heterocycles. The summed E-state index contributed by atoms with van der Waals surface area (Å²) in [4.78, 5) is 15.2. The molecule has 3 nitrogen and oxygen atoms in total. The number of aromatic nitrogens is 1.